The molecule has 0 unspecified atom stereocenters. The molecule has 0 spiro atoms. The second-order valence-electron chi connectivity index (χ2n) is 6.21. The molecule has 8 heteroatoms. The van der Waals surface area contributed by atoms with Gasteiger partial charge in [-0.2, -0.15) is 0 Å². The van der Waals surface area contributed by atoms with Gasteiger partial charge in [0.2, 0.25) is 0 Å². The lowest BCUT2D eigenvalue weighted by Crippen LogP contribution is -2.24. The van der Waals surface area contributed by atoms with E-state index in [1.165, 1.54) is 6.07 Å². The third-order valence-corrected chi connectivity index (χ3v) is 3.90. The third-order valence-electron chi connectivity index (χ3n) is 3.90. The van der Waals surface area contributed by atoms with Gasteiger partial charge in [0.05, 0.1) is 5.69 Å². The van der Waals surface area contributed by atoms with Gasteiger partial charge >= 0.3 is 0 Å². The van der Waals surface area contributed by atoms with Crippen LogP contribution in [0.3, 0.4) is 0 Å². The van der Waals surface area contributed by atoms with Crippen molar-refractivity contribution in [2.75, 3.05) is 5.32 Å². The van der Waals surface area contributed by atoms with Crippen LogP contribution in [0, 0.1) is 31.3 Å². The molecule has 0 aliphatic heterocycles. The molecule has 28 heavy (non-hydrogen) atoms. The number of amides is 1. The summed E-state index contributed by atoms with van der Waals surface area (Å²) in [4.78, 5) is 20.5. The Kier molecular flexibility index (Phi) is 5.58. The molecule has 2 aromatic carbocycles. The minimum Gasteiger partial charge on any atom is -0.347 e. The highest BCUT2D eigenvalue weighted by Gasteiger charge is 2.15. The number of nitrogens with one attached hydrogen (secondary N) is 2. The fourth-order valence-corrected chi connectivity index (χ4v) is 2.60. The summed E-state index contributed by atoms with van der Waals surface area (Å²) in [6.45, 7) is 3.82. The molecule has 1 amide bonds. The van der Waals surface area contributed by atoms with Crippen LogP contribution < -0.4 is 10.6 Å². The fourth-order valence-electron chi connectivity index (χ4n) is 2.60. The molecular weight excluding hydrogens is 369 g/mol. The Balaban J connectivity index is 1.77. The van der Waals surface area contributed by atoms with Gasteiger partial charge in [-0.1, -0.05) is 29.8 Å². The zero-order chi connectivity index (χ0) is 20.3. The largest absolute Gasteiger partial charge is 0.347 e. The topological polar surface area (TPSA) is 66.9 Å². The van der Waals surface area contributed by atoms with Crippen LogP contribution in [-0.2, 0) is 6.54 Å². The summed E-state index contributed by atoms with van der Waals surface area (Å²) < 4.78 is 40.3. The quantitative estimate of drug-likeness (QED) is 0.646. The van der Waals surface area contributed by atoms with Gasteiger partial charge in [0.25, 0.3) is 5.91 Å². The van der Waals surface area contributed by atoms with Gasteiger partial charge in [0.1, 0.15) is 17.3 Å². The predicted molar refractivity (Wildman–Crippen MR) is 98.7 cm³/mol. The van der Waals surface area contributed by atoms with E-state index in [0.29, 0.717) is 6.54 Å². The Bertz CT molecular complexity index is 1040. The molecule has 1 heterocycles. The van der Waals surface area contributed by atoms with Crippen molar-refractivity contribution in [3.8, 4) is 0 Å². The van der Waals surface area contributed by atoms with Crippen molar-refractivity contribution >= 4 is 17.4 Å². The van der Waals surface area contributed by atoms with Gasteiger partial charge in [-0.25, -0.2) is 23.1 Å². The van der Waals surface area contributed by atoms with E-state index in [1.54, 1.807) is 6.92 Å². The molecule has 5 nitrogen and oxygen atoms in total. The van der Waals surface area contributed by atoms with E-state index in [4.69, 9.17) is 0 Å². The van der Waals surface area contributed by atoms with Crippen molar-refractivity contribution < 1.29 is 18.0 Å². The molecule has 0 aliphatic rings. The first-order valence-corrected chi connectivity index (χ1v) is 8.43. The van der Waals surface area contributed by atoms with Crippen LogP contribution in [0.15, 0.2) is 42.5 Å². The number of anilines is 2. The van der Waals surface area contributed by atoms with Crippen LogP contribution in [0.2, 0.25) is 0 Å². The minimum atomic E-state index is -1.59. The summed E-state index contributed by atoms with van der Waals surface area (Å²) in [6.07, 6.45) is 0. The van der Waals surface area contributed by atoms with Gasteiger partial charge in [0, 0.05) is 12.6 Å². The third kappa shape index (κ3) is 4.46. The molecule has 0 saturated carbocycles. The molecule has 0 fully saturated rings. The van der Waals surface area contributed by atoms with E-state index in [2.05, 4.69) is 20.6 Å². The van der Waals surface area contributed by atoms with Crippen LogP contribution in [0.5, 0.6) is 0 Å². The van der Waals surface area contributed by atoms with Gasteiger partial charge < -0.3 is 10.6 Å². The zero-order valence-corrected chi connectivity index (χ0v) is 15.2. The first-order valence-electron chi connectivity index (χ1n) is 8.43. The number of hydrogen-bond acceptors (Lipinski definition) is 4. The number of carbonyl (C=O) groups excluding carboxylic acids is 1. The van der Waals surface area contributed by atoms with Gasteiger partial charge in [-0.15, -0.1) is 0 Å². The predicted octanol–water partition coefficient (Wildman–Crippen LogP) is 4.18. The van der Waals surface area contributed by atoms with Crippen molar-refractivity contribution in [3.63, 3.8) is 0 Å². The van der Waals surface area contributed by atoms with Crippen LogP contribution in [-0.4, -0.2) is 15.9 Å². The van der Waals surface area contributed by atoms with Crippen molar-refractivity contribution in [1.82, 2.24) is 15.3 Å². The van der Waals surface area contributed by atoms with Crippen molar-refractivity contribution in [2.24, 2.45) is 0 Å². The Morgan fingerprint density at radius 3 is 2.54 bits per heavy atom. The first-order chi connectivity index (χ1) is 13.3. The second kappa shape index (κ2) is 8.08. The maximum absolute atomic E-state index is 13.8. The number of nitrogens with zero attached hydrogens (tertiary/aromatic N) is 2. The first kappa shape index (κ1) is 19.3. The van der Waals surface area contributed by atoms with E-state index >= 15 is 0 Å². The molecule has 3 rings (SSSR count). The summed E-state index contributed by atoms with van der Waals surface area (Å²) in [5.74, 6) is -4.36. The monoisotopic (exact) mass is 386 g/mol. The van der Waals surface area contributed by atoms with Gasteiger partial charge in [-0.3, -0.25) is 4.79 Å². The molecular formula is C20H17F3N4O. The van der Waals surface area contributed by atoms with E-state index in [9.17, 15) is 18.0 Å². The standard InChI is InChI=1S/C20H17F3N4O/c1-11-4-3-5-13(8-11)10-24-20(28)16-9-17(26-12(2)25-16)27-15-7-6-14(21)18(22)19(15)23/h3-9H,10H2,1-2H3,(H,24,28)(H,25,26,27). The summed E-state index contributed by atoms with van der Waals surface area (Å²) in [7, 11) is 0. The lowest BCUT2D eigenvalue weighted by atomic mass is 10.1. The molecule has 0 bridgehead atoms. The molecule has 144 valence electrons. The average molecular weight is 386 g/mol. The van der Waals surface area contributed by atoms with Crippen LogP contribution in [0.4, 0.5) is 24.7 Å². The van der Waals surface area contributed by atoms with E-state index in [0.717, 1.165) is 23.3 Å². The minimum absolute atomic E-state index is 0.0608. The molecule has 0 radical (unpaired) electrons. The van der Waals surface area contributed by atoms with Gasteiger partial charge in [-0.05, 0) is 31.5 Å². The van der Waals surface area contributed by atoms with Crippen LogP contribution >= 0.6 is 0 Å². The highest BCUT2D eigenvalue weighted by molar-refractivity contribution is 5.93. The Morgan fingerprint density at radius 2 is 1.79 bits per heavy atom. The number of aryl methyl sites for hydroxylation is 2. The SMILES string of the molecule is Cc1cccc(CNC(=O)c2cc(Nc3ccc(F)c(F)c3F)nc(C)n2)c1. The second-order valence-corrected chi connectivity index (χ2v) is 6.21. The molecule has 0 atom stereocenters. The van der Waals surface area contributed by atoms with Crippen molar-refractivity contribution in [3.05, 3.63) is 82.6 Å². The maximum atomic E-state index is 13.8. The molecule has 0 aliphatic carbocycles. The van der Waals surface area contributed by atoms with Crippen molar-refractivity contribution in [2.45, 2.75) is 20.4 Å². The van der Waals surface area contributed by atoms with Crippen LogP contribution in [0.1, 0.15) is 27.4 Å². The summed E-state index contributed by atoms with van der Waals surface area (Å²) in [5, 5.41) is 5.29. The lowest BCUT2D eigenvalue weighted by Gasteiger charge is -2.10. The number of halogens is 3. The highest BCUT2D eigenvalue weighted by Crippen LogP contribution is 2.23. The van der Waals surface area contributed by atoms with E-state index < -0.39 is 23.4 Å². The number of benzene rings is 2. The Morgan fingerprint density at radius 1 is 1.00 bits per heavy atom. The molecule has 2 N–H and O–H groups in total. The Labute approximate surface area is 159 Å². The molecule has 1 aromatic heterocycles. The maximum Gasteiger partial charge on any atom is 0.270 e. The molecule has 0 saturated heterocycles. The zero-order valence-electron chi connectivity index (χ0n) is 15.2. The Hall–Kier alpha value is -3.42. The number of rotatable bonds is 5. The number of hydrogen-bond donors (Lipinski definition) is 2. The fraction of sp³-hybridized carbons (Fsp3) is 0.150. The normalized spacial score (nSPS) is 10.6. The summed E-state index contributed by atoms with van der Waals surface area (Å²) in [5.41, 5.74) is 1.76. The van der Waals surface area contributed by atoms with E-state index in [1.807, 2.05) is 31.2 Å². The van der Waals surface area contributed by atoms with E-state index in [-0.39, 0.29) is 23.0 Å². The molecule has 3 aromatic rings. The van der Waals surface area contributed by atoms with Crippen LogP contribution in [0.25, 0.3) is 0 Å². The lowest BCUT2D eigenvalue weighted by molar-refractivity contribution is 0.0945. The summed E-state index contributed by atoms with van der Waals surface area (Å²) >= 11 is 0. The van der Waals surface area contributed by atoms with Crippen molar-refractivity contribution in [1.29, 1.82) is 0 Å². The number of aromatic nitrogens is 2. The van der Waals surface area contributed by atoms with Gasteiger partial charge in [0.15, 0.2) is 17.5 Å². The smallest absolute Gasteiger partial charge is 0.270 e. The highest BCUT2D eigenvalue weighted by atomic mass is 19.2. The average Bonchev–Trinajstić information content (AvgIpc) is 2.66. The summed E-state index contributed by atoms with van der Waals surface area (Å²) in [6, 6.07) is 10.8. The number of carbonyl (C=O) groups is 1.